The predicted octanol–water partition coefficient (Wildman–Crippen LogP) is 3.60. The molecule has 0 spiro atoms. The Morgan fingerprint density at radius 1 is 1.42 bits per heavy atom. The maximum Gasteiger partial charge on any atom is 0.261 e. The first-order valence-corrected chi connectivity index (χ1v) is 7.17. The molecule has 1 aromatic heterocycles. The van der Waals surface area contributed by atoms with Gasteiger partial charge in [-0.05, 0) is 38.3 Å². The Kier molecular flexibility index (Phi) is 2.90. The normalized spacial score (nSPS) is 18.5. The summed E-state index contributed by atoms with van der Waals surface area (Å²) in [4.78, 5) is 17.4. The van der Waals surface area contributed by atoms with Gasteiger partial charge in [-0.15, -0.1) is 11.6 Å². The van der Waals surface area contributed by atoms with E-state index >= 15 is 0 Å². The second-order valence-electron chi connectivity index (χ2n) is 5.50. The van der Waals surface area contributed by atoms with Crippen molar-refractivity contribution in [3.05, 3.63) is 40.4 Å². The molecule has 3 rings (SSSR count). The van der Waals surface area contributed by atoms with Crippen LogP contribution in [0.2, 0.25) is 0 Å². The molecule has 1 fully saturated rings. The van der Waals surface area contributed by atoms with Gasteiger partial charge in [-0.25, -0.2) is 4.98 Å². The monoisotopic (exact) mass is 276 g/mol. The Balaban J connectivity index is 2.36. The van der Waals surface area contributed by atoms with E-state index in [9.17, 15) is 4.79 Å². The van der Waals surface area contributed by atoms with Gasteiger partial charge in [0.25, 0.3) is 5.56 Å². The third kappa shape index (κ3) is 1.96. The number of benzene rings is 1. The van der Waals surface area contributed by atoms with E-state index in [0.29, 0.717) is 11.2 Å². The molecular weight excluding hydrogens is 260 g/mol. The van der Waals surface area contributed by atoms with Crippen molar-refractivity contribution in [1.29, 1.82) is 0 Å². The minimum Gasteiger partial charge on any atom is -0.289 e. The van der Waals surface area contributed by atoms with E-state index in [0.717, 1.165) is 24.8 Å². The lowest BCUT2D eigenvalue weighted by atomic mass is 10.2. The van der Waals surface area contributed by atoms with Gasteiger partial charge in [-0.2, -0.15) is 0 Å². The first kappa shape index (κ1) is 12.7. The summed E-state index contributed by atoms with van der Waals surface area (Å²) in [5.41, 5.74) is 0.688. The van der Waals surface area contributed by atoms with Gasteiger partial charge in [0.1, 0.15) is 5.82 Å². The summed E-state index contributed by atoms with van der Waals surface area (Å²) in [5, 5.41) is 0.467. The van der Waals surface area contributed by atoms with Crippen LogP contribution in [0, 0.1) is 0 Å². The highest BCUT2D eigenvalue weighted by Crippen LogP contribution is 2.44. The van der Waals surface area contributed by atoms with Crippen molar-refractivity contribution < 1.29 is 0 Å². The molecule has 1 aromatic carbocycles. The van der Waals surface area contributed by atoms with Gasteiger partial charge >= 0.3 is 0 Å². The number of fused-ring (bicyclic) bond motifs is 1. The summed E-state index contributed by atoms with van der Waals surface area (Å²) < 4.78 is 1.83. The fourth-order valence-corrected chi connectivity index (χ4v) is 2.62. The van der Waals surface area contributed by atoms with Crippen molar-refractivity contribution in [3.8, 4) is 0 Å². The van der Waals surface area contributed by atoms with Crippen LogP contribution in [-0.2, 0) is 5.54 Å². The quantitative estimate of drug-likeness (QED) is 0.803. The van der Waals surface area contributed by atoms with Crippen LogP contribution in [0.3, 0.4) is 0 Å². The summed E-state index contributed by atoms with van der Waals surface area (Å²) in [6, 6.07) is 7.49. The number of alkyl halides is 1. The van der Waals surface area contributed by atoms with Crippen LogP contribution in [0.4, 0.5) is 0 Å². The van der Waals surface area contributed by atoms with E-state index in [1.165, 1.54) is 0 Å². The fourth-order valence-electron chi connectivity index (χ4n) is 2.47. The van der Waals surface area contributed by atoms with Crippen molar-refractivity contribution in [2.24, 2.45) is 0 Å². The molecule has 0 aliphatic heterocycles. The Hall–Kier alpha value is -1.35. The van der Waals surface area contributed by atoms with E-state index in [1.807, 2.05) is 35.8 Å². The Morgan fingerprint density at radius 2 is 2.11 bits per heavy atom. The molecular formula is C15H17ClN2O. The largest absolute Gasteiger partial charge is 0.289 e. The van der Waals surface area contributed by atoms with Gasteiger partial charge in [0.15, 0.2) is 0 Å². The molecule has 4 heteroatoms. The smallest absolute Gasteiger partial charge is 0.261 e. The molecule has 0 N–H and O–H groups in total. The highest BCUT2D eigenvalue weighted by atomic mass is 35.5. The van der Waals surface area contributed by atoms with Gasteiger partial charge in [-0.1, -0.05) is 19.1 Å². The van der Waals surface area contributed by atoms with Crippen molar-refractivity contribution in [2.75, 3.05) is 0 Å². The summed E-state index contributed by atoms with van der Waals surface area (Å²) in [6.07, 6.45) is 2.81. The number of rotatable bonds is 3. The minimum atomic E-state index is -0.213. The summed E-state index contributed by atoms with van der Waals surface area (Å²) in [5.74, 6) is 0.716. The lowest BCUT2D eigenvalue weighted by molar-refractivity contribution is 0.477. The van der Waals surface area contributed by atoms with Crippen molar-refractivity contribution in [1.82, 2.24) is 9.55 Å². The third-order valence-corrected chi connectivity index (χ3v) is 4.46. The molecule has 0 saturated heterocycles. The number of hydrogen-bond acceptors (Lipinski definition) is 2. The number of para-hydroxylation sites is 1. The average molecular weight is 277 g/mol. The summed E-state index contributed by atoms with van der Waals surface area (Å²) in [7, 11) is 0. The lowest BCUT2D eigenvalue weighted by Gasteiger charge is -2.21. The second kappa shape index (κ2) is 4.34. The van der Waals surface area contributed by atoms with Crippen LogP contribution in [0.15, 0.2) is 29.1 Å². The number of halogens is 1. The first-order chi connectivity index (χ1) is 9.07. The van der Waals surface area contributed by atoms with Crippen LogP contribution in [0.25, 0.3) is 10.9 Å². The average Bonchev–Trinajstić information content (AvgIpc) is 3.16. The molecule has 1 aliphatic carbocycles. The summed E-state index contributed by atoms with van der Waals surface area (Å²) >= 11 is 6.38. The predicted molar refractivity (Wildman–Crippen MR) is 77.8 cm³/mol. The van der Waals surface area contributed by atoms with E-state index in [1.54, 1.807) is 0 Å². The van der Waals surface area contributed by atoms with Crippen LogP contribution in [0.5, 0.6) is 0 Å². The summed E-state index contributed by atoms with van der Waals surface area (Å²) in [6.45, 7) is 4.12. The maximum absolute atomic E-state index is 12.7. The van der Waals surface area contributed by atoms with Gasteiger partial charge < -0.3 is 0 Å². The lowest BCUT2D eigenvalue weighted by Crippen LogP contribution is -2.33. The Morgan fingerprint density at radius 3 is 2.74 bits per heavy atom. The van der Waals surface area contributed by atoms with Crippen molar-refractivity contribution >= 4 is 22.5 Å². The van der Waals surface area contributed by atoms with E-state index in [-0.39, 0.29) is 16.5 Å². The van der Waals surface area contributed by atoms with Crippen molar-refractivity contribution in [2.45, 2.75) is 44.0 Å². The standard InChI is InChI=1S/C15H17ClN2O/c1-3-11(16)13-17-12-7-5-4-6-10(12)14(19)18(13)15(2)8-9-15/h4-7,11H,3,8-9H2,1-2H3. The highest BCUT2D eigenvalue weighted by molar-refractivity contribution is 6.20. The van der Waals surface area contributed by atoms with Crippen LogP contribution in [-0.4, -0.2) is 9.55 Å². The third-order valence-electron chi connectivity index (χ3n) is 3.95. The van der Waals surface area contributed by atoms with Crippen molar-refractivity contribution in [3.63, 3.8) is 0 Å². The minimum absolute atomic E-state index is 0.0414. The molecule has 19 heavy (non-hydrogen) atoms. The highest BCUT2D eigenvalue weighted by Gasteiger charge is 2.42. The van der Waals surface area contributed by atoms with Crippen LogP contribution < -0.4 is 5.56 Å². The van der Waals surface area contributed by atoms with Crippen LogP contribution in [0.1, 0.15) is 44.3 Å². The number of nitrogens with zero attached hydrogens (tertiary/aromatic N) is 2. The maximum atomic E-state index is 12.7. The number of aromatic nitrogens is 2. The molecule has 1 heterocycles. The molecule has 1 saturated carbocycles. The SMILES string of the molecule is CCC(Cl)c1nc2ccccc2c(=O)n1C1(C)CC1. The molecule has 1 aliphatic rings. The molecule has 0 amide bonds. The topological polar surface area (TPSA) is 34.9 Å². The molecule has 0 bridgehead atoms. The first-order valence-electron chi connectivity index (χ1n) is 6.73. The molecule has 3 nitrogen and oxygen atoms in total. The molecule has 0 radical (unpaired) electrons. The van der Waals surface area contributed by atoms with Gasteiger partial charge in [0.2, 0.25) is 0 Å². The van der Waals surface area contributed by atoms with Gasteiger partial charge in [-0.3, -0.25) is 9.36 Å². The molecule has 1 atom stereocenters. The van der Waals surface area contributed by atoms with E-state index in [4.69, 9.17) is 11.6 Å². The second-order valence-corrected chi connectivity index (χ2v) is 6.03. The van der Waals surface area contributed by atoms with Gasteiger partial charge in [0, 0.05) is 5.54 Å². The van der Waals surface area contributed by atoms with Gasteiger partial charge in [0.05, 0.1) is 16.3 Å². The molecule has 1 unspecified atom stereocenters. The zero-order valence-electron chi connectivity index (χ0n) is 11.2. The zero-order valence-corrected chi connectivity index (χ0v) is 11.9. The molecule has 100 valence electrons. The number of hydrogen-bond donors (Lipinski definition) is 0. The van der Waals surface area contributed by atoms with E-state index < -0.39 is 0 Å². The molecule has 2 aromatic rings. The Bertz CT molecular complexity index is 688. The fraction of sp³-hybridized carbons (Fsp3) is 0.467. The Labute approximate surface area is 117 Å². The zero-order chi connectivity index (χ0) is 13.6. The van der Waals surface area contributed by atoms with E-state index in [2.05, 4.69) is 11.9 Å². The van der Waals surface area contributed by atoms with Crippen LogP contribution >= 0.6 is 11.6 Å².